The molecule has 1 aromatic rings. The Bertz CT molecular complexity index is 730. The molecule has 1 aliphatic rings. The molecule has 4 atom stereocenters. The fourth-order valence-electron chi connectivity index (χ4n) is 1.87. The summed E-state index contributed by atoms with van der Waals surface area (Å²) in [6.45, 7) is 3.06. The molecule has 1 aromatic heterocycles. The van der Waals surface area contributed by atoms with Crippen molar-refractivity contribution < 1.29 is 30.0 Å². The highest BCUT2D eigenvalue weighted by atomic mass is 16.5. The quantitative estimate of drug-likeness (QED) is 0.232. The molecule has 2 heterocycles. The Morgan fingerprint density at radius 2 is 1.96 bits per heavy atom. The Morgan fingerprint density at radius 1 is 1.31 bits per heavy atom. The van der Waals surface area contributed by atoms with E-state index in [4.69, 9.17) is 30.9 Å². The van der Waals surface area contributed by atoms with E-state index in [0.717, 1.165) is 0 Å². The van der Waals surface area contributed by atoms with Crippen LogP contribution in [0.15, 0.2) is 22.4 Å². The highest BCUT2D eigenvalue weighted by Gasteiger charge is 2.36. The van der Waals surface area contributed by atoms with Crippen LogP contribution < -0.4 is 27.8 Å². The summed E-state index contributed by atoms with van der Waals surface area (Å²) in [6.07, 6.45) is -3.11. The maximum atomic E-state index is 11.2. The minimum Gasteiger partial charge on any atom is -0.394 e. The first-order valence-electron chi connectivity index (χ1n) is 7.26. The molecule has 0 bridgehead atoms. The van der Waals surface area contributed by atoms with Gasteiger partial charge in [-0.2, -0.15) is 0 Å². The number of hydrogen-bond acceptors (Lipinski definition) is 9. The summed E-state index contributed by atoms with van der Waals surface area (Å²) in [6, 6.07) is -0.822. The zero-order chi connectivity index (χ0) is 19.9. The van der Waals surface area contributed by atoms with Crippen LogP contribution in [0.5, 0.6) is 0 Å². The van der Waals surface area contributed by atoms with Crippen LogP contribution in [0.3, 0.4) is 0 Å². The zero-order valence-electron chi connectivity index (χ0n) is 13.5. The summed E-state index contributed by atoms with van der Waals surface area (Å²) in [5.41, 5.74) is 8.05. The van der Waals surface area contributed by atoms with Gasteiger partial charge in [-0.05, 0) is 0 Å². The van der Waals surface area contributed by atoms with Gasteiger partial charge in [-0.25, -0.2) is 9.59 Å². The van der Waals surface area contributed by atoms with Gasteiger partial charge in [-0.15, -0.1) is 0 Å². The van der Waals surface area contributed by atoms with Crippen LogP contribution in [0, 0.1) is 0 Å². The highest BCUT2D eigenvalue weighted by Crippen LogP contribution is 2.14. The van der Waals surface area contributed by atoms with E-state index in [1.165, 1.54) is 6.20 Å². The highest BCUT2D eigenvalue weighted by molar-refractivity contribution is 5.73. The van der Waals surface area contributed by atoms with E-state index in [0.29, 0.717) is 0 Å². The van der Waals surface area contributed by atoms with E-state index in [-0.39, 0.29) is 24.5 Å². The SMILES string of the molecule is C=C(NNC(N)=O)c1c[nH]c(=O)[nH]c1=O.OCC1OCC(O)C(O)[C@@H]1O. The van der Waals surface area contributed by atoms with Crippen LogP contribution in [0.1, 0.15) is 5.56 Å². The van der Waals surface area contributed by atoms with Crippen LogP contribution >= 0.6 is 0 Å². The zero-order valence-corrected chi connectivity index (χ0v) is 13.5. The van der Waals surface area contributed by atoms with Gasteiger partial charge in [0, 0.05) is 6.20 Å². The number of rotatable bonds is 4. The molecule has 13 nitrogen and oxygen atoms in total. The Labute approximate surface area is 146 Å². The predicted octanol–water partition coefficient (Wildman–Crippen LogP) is -4.33. The van der Waals surface area contributed by atoms with Gasteiger partial charge in [-0.3, -0.25) is 20.6 Å². The molecule has 0 saturated carbocycles. The number of nitrogens with two attached hydrogens (primary N) is 1. The number of primary amides is 1. The van der Waals surface area contributed by atoms with Gasteiger partial charge in [-0.1, -0.05) is 6.58 Å². The molecule has 3 unspecified atom stereocenters. The second-order valence-electron chi connectivity index (χ2n) is 5.18. The average Bonchev–Trinajstić information content (AvgIpc) is 2.58. The minimum atomic E-state index is -1.22. The Morgan fingerprint density at radius 3 is 2.50 bits per heavy atom. The maximum Gasteiger partial charge on any atom is 0.330 e. The molecule has 10 N–H and O–H groups in total. The number of aliphatic hydroxyl groups excluding tert-OH is 4. The number of H-pyrrole nitrogens is 2. The molecule has 0 aliphatic carbocycles. The molecule has 0 spiro atoms. The molecule has 13 heteroatoms. The Hall–Kier alpha value is -2.71. The predicted molar refractivity (Wildman–Crippen MR) is 87.4 cm³/mol. The molecular weight excluding hydrogens is 354 g/mol. The normalized spacial score (nSPS) is 24.8. The van der Waals surface area contributed by atoms with Crippen LogP contribution in [0.4, 0.5) is 4.79 Å². The van der Waals surface area contributed by atoms with Gasteiger partial charge < -0.3 is 35.9 Å². The van der Waals surface area contributed by atoms with Crippen molar-refractivity contribution >= 4 is 11.7 Å². The number of hydrazine groups is 1. The number of carbonyl (C=O) groups is 1. The summed E-state index contributed by atoms with van der Waals surface area (Å²) < 4.78 is 4.81. The first kappa shape index (κ1) is 21.3. The van der Waals surface area contributed by atoms with Gasteiger partial charge in [0.1, 0.15) is 24.4 Å². The van der Waals surface area contributed by atoms with Gasteiger partial charge >= 0.3 is 11.7 Å². The van der Waals surface area contributed by atoms with Crippen LogP contribution in [0.25, 0.3) is 5.70 Å². The van der Waals surface area contributed by atoms with Crippen LogP contribution in [-0.2, 0) is 4.74 Å². The molecule has 0 radical (unpaired) electrons. The third-order valence-electron chi connectivity index (χ3n) is 3.27. The first-order valence-corrected chi connectivity index (χ1v) is 7.26. The summed E-state index contributed by atoms with van der Waals surface area (Å²) in [7, 11) is 0. The number of aromatic amines is 2. The van der Waals surface area contributed by atoms with Crippen molar-refractivity contribution in [1.29, 1.82) is 0 Å². The second-order valence-corrected chi connectivity index (χ2v) is 5.18. The second kappa shape index (κ2) is 9.69. The van der Waals surface area contributed by atoms with Gasteiger partial charge in [0.2, 0.25) is 0 Å². The monoisotopic (exact) mass is 375 g/mol. The molecule has 146 valence electrons. The average molecular weight is 375 g/mol. The minimum absolute atomic E-state index is 0.0521. The number of urea groups is 1. The number of carbonyl (C=O) groups excluding carboxylic acids is 1. The standard InChI is InChI=1S/C7H9N5O3.C6H12O5/c1-3(11-12-6(8)14)4-2-9-7(15)10-5(4)13;7-1-4-6(10)5(9)3(8)2-11-4/h2,11H,1H2,(H3,8,12,14)(H2,9,10,13,15);3-10H,1-2H2/t;3?,4?,5?,6-/m.1/s1. The Balaban J connectivity index is 0.000000273. The van der Waals surface area contributed by atoms with Crippen molar-refractivity contribution in [3.05, 3.63) is 39.2 Å². The first-order chi connectivity index (χ1) is 12.2. The van der Waals surface area contributed by atoms with E-state index >= 15 is 0 Å². The lowest BCUT2D eigenvalue weighted by molar-refractivity contribution is -0.195. The van der Waals surface area contributed by atoms with Gasteiger partial charge in [0.25, 0.3) is 5.56 Å². The molecule has 1 aliphatic heterocycles. The number of hydrogen-bond donors (Lipinski definition) is 9. The summed E-state index contributed by atoms with van der Waals surface area (Å²) in [4.78, 5) is 36.5. The van der Waals surface area contributed by atoms with Crippen molar-refractivity contribution in [3.63, 3.8) is 0 Å². The van der Waals surface area contributed by atoms with Crippen molar-refractivity contribution in [3.8, 4) is 0 Å². The molecular formula is C13H21N5O8. The third-order valence-corrected chi connectivity index (χ3v) is 3.27. The number of aromatic nitrogens is 2. The number of ether oxygens (including phenoxy) is 1. The fourth-order valence-corrected chi connectivity index (χ4v) is 1.87. The molecule has 2 rings (SSSR count). The topological polar surface area (TPSA) is 223 Å². The maximum absolute atomic E-state index is 11.2. The molecule has 1 saturated heterocycles. The fraction of sp³-hybridized carbons (Fsp3) is 0.462. The number of amides is 2. The Kier molecular flexibility index (Phi) is 7.95. The van der Waals surface area contributed by atoms with E-state index in [1.807, 2.05) is 10.4 Å². The summed E-state index contributed by atoms with van der Waals surface area (Å²) >= 11 is 0. The lowest BCUT2D eigenvalue weighted by atomic mass is 10.0. The van der Waals surface area contributed by atoms with Crippen molar-refractivity contribution in [2.45, 2.75) is 24.4 Å². The van der Waals surface area contributed by atoms with Crippen LogP contribution in [0.2, 0.25) is 0 Å². The molecule has 0 aromatic carbocycles. The number of nitrogens with one attached hydrogen (secondary N) is 4. The van der Waals surface area contributed by atoms with E-state index in [2.05, 4.69) is 17.0 Å². The van der Waals surface area contributed by atoms with E-state index in [1.54, 1.807) is 0 Å². The smallest absolute Gasteiger partial charge is 0.330 e. The molecule has 26 heavy (non-hydrogen) atoms. The molecule has 2 amide bonds. The van der Waals surface area contributed by atoms with Crippen molar-refractivity contribution in [1.82, 2.24) is 20.8 Å². The van der Waals surface area contributed by atoms with Gasteiger partial charge in [0.05, 0.1) is 24.5 Å². The summed E-state index contributed by atoms with van der Waals surface area (Å²) in [5.74, 6) is 0. The summed E-state index contributed by atoms with van der Waals surface area (Å²) in [5, 5.41) is 35.7. The van der Waals surface area contributed by atoms with Gasteiger partial charge in [0.15, 0.2) is 0 Å². The van der Waals surface area contributed by atoms with Crippen molar-refractivity contribution in [2.24, 2.45) is 5.73 Å². The van der Waals surface area contributed by atoms with Crippen molar-refractivity contribution in [2.75, 3.05) is 13.2 Å². The lowest BCUT2D eigenvalue weighted by Gasteiger charge is -2.34. The third kappa shape index (κ3) is 5.98. The van der Waals surface area contributed by atoms with E-state index in [9.17, 15) is 14.4 Å². The lowest BCUT2D eigenvalue weighted by Crippen LogP contribution is -2.53. The van der Waals surface area contributed by atoms with E-state index < -0.39 is 41.7 Å². The molecule has 1 fully saturated rings. The van der Waals surface area contributed by atoms with Crippen LogP contribution in [-0.4, -0.2) is 74.1 Å². The largest absolute Gasteiger partial charge is 0.394 e. The number of aliphatic hydroxyl groups is 4.